The molecule has 2 aliphatic rings. The van der Waals surface area contributed by atoms with Crippen molar-refractivity contribution in [2.45, 2.75) is 50.8 Å². The minimum atomic E-state index is -0.157. The first-order valence-electron chi connectivity index (χ1n) is 8.14. The second kappa shape index (κ2) is 5.67. The van der Waals surface area contributed by atoms with Crippen LogP contribution in [0.2, 0.25) is 0 Å². The van der Waals surface area contributed by atoms with Crippen molar-refractivity contribution in [3.8, 4) is 0 Å². The maximum absolute atomic E-state index is 12.6. The van der Waals surface area contributed by atoms with Gasteiger partial charge in [0.1, 0.15) is 6.10 Å². The monoisotopic (exact) mass is 315 g/mol. The minimum absolute atomic E-state index is 0.0603. The molecule has 4 rings (SSSR count). The Hall–Kier alpha value is -1.39. The molecule has 0 aliphatic carbocycles. The van der Waals surface area contributed by atoms with Crippen molar-refractivity contribution in [2.75, 3.05) is 0 Å². The fourth-order valence-electron chi connectivity index (χ4n) is 3.85. The van der Waals surface area contributed by atoms with E-state index in [1.165, 1.54) is 12.8 Å². The van der Waals surface area contributed by atoms with Gasteiger partial charge in [0.15, 0.2) is 0 Å². The van der Waals surface area contributed by atoms with Crippen LogP contribution in [0.5, 0.6) is 0 Å². The molecule has 2 bridgehead atoms. The van der Waals surface area contributed by atoms with Crippen LogP contribution in [-0.2, 0) is 4.74 Å². The fourth-order valence-corrected chi connectivity index (χ4v) is 4.78. The van der Waals surface area contributed by atoms with Gasteiger partial charge in [-0.3, -0.25) is 0 Å². The largest absolute Gasteiger partial charge is 0.459 e. The van der Waals surface area contributed by atoms with Crippen LogP contribution in [0, 0.1) is 5.92 Å². The Labute approximate surface area is 134 Å². The standard InChI is InChI=1S/C18H21NO2S/c1-11-6-7-12-8-13(9-16(11)19-12)21-18(20)15-10-22-17-5-3-2-4-14(15)17/h2-5,10-13,16,19H,6-9H2,1H3. The Morgan fingerprint density at radius 2 is 2.14 bits per heavy atom. The van der Waals surface area contributed by atoms with Gasteiger partial charge in [0, 0.05) is 34.0 Å². The number of piperidine rings is 2. The molecule has 0 amide bonds. The summed E-state index contributed by atoms with van der Waals surface area (Å²) in [7, 11) is 0. The molecule has 4 atom stereocenters. The normalized spacial score (nSPS) is 31.1. The topological polar surface area (TPSA) is 38.3 Å². The SMILES string of the molecule is CC1CCC2CC(OC(=O)c3csc4ccccc34)CC1N2. The van der Waals surface area contributed by atoms with Crippen molar-refractivity contribution < 1.29 is 9.53 Å². The van der Waals surface area contributed by atoms with E-state index in [2.05, 4.69) is 12.2 Å². The van der Waals surface area contributed by atoms with Crippen LogP contribution in [0.4, 0.5) is 0 Å². The molecule has 4 heteroatoms. The average Bonchev–Trinajstić information content (AvgIpc) is 2.95. The molecule has 3 nitrogen and oxygen atoms in total. The second-order valence-electron chi connectivity index (χ2n) is 6.67. The minimum Gasteiger partial charge on any atom is -0.459 e. The predicted molar refractivity (Wildman–Crippen MR) is 89.4 cm³/mol. The van der Waals surface area contributed by atoms with E-state index in [4.69, 9.17) is 4.74 Å². The highest BCUT2D eigenvalue weighted by Crippen LogP contribution is 2.32. The summed E-state index contributed by atoms with van der Waals surface area (Å²) in [6.07, 6.45) is 4.46. The van der Waals surface area contributed by atoms with Crippen molar-refractivity contribution in [3.05, 3.63) is 35.2 Å². The van der Waals surface area contributed by atoms with Crippen molar-refractivity contribution in [2.24, 2.45) is 5.92 Å². The van der Waals surface area contributed by atoms with Crippen LogP contribution in [0.15, 0.2) is 29.6 Å². The van der Waals surface area contributed by atoms with Crippen LogP contribution in [-0.4, -0.2) is 24.2 Å². The first-order valence-corrected chi connectivity index (χ1v) is 9.02. The van der Waals surface area contributed by atoms with Gasteiger partial charge in [-0.15, -0.1) is 11.3 Å². The zero-order valence-electron chi connectivity index (χ0n) is 12.7. The van der Waals surface area contributed by atoms with E-state index in [0.29, 0.717) is 18.0 Å². The molecule has 3 heterocycles. The average molecular weight is 315 g/mol. The Balaban J connectivity index is 1.50. The molecule has 4 unspecified atom stereocenters. The molecule has 1 aromatic carbocycles. The number of fused-ring (bicyclic) bond motifs is 3. The van der Waals surface area contributed by atoms with E-state index in [0.717, 1.165) is 28.5 Å². The van der Waals surface area contributed by atoms with E-state index in [9.17, 15) is 4.79 Å². The lowest BCUT2D eigenvalue weighted by molar-refractivity contribution is 0.00152. The molecule has 2 fully saturated rings. The van der Waals surface area contributed by atoms with Gasteiger partial charge in [0.25, 0.3) is 0 Å². The third kappa shape index (κ3) is 2.55. The molecule has 2 saturated heterocycles. The Bertz CT molecular complexity index is 695. The maximum atomic E-state index is 12.6. The lowest BCUT2D eigenvalue weighted by Crippen LogP contribution is -2.54. The number of ether oxygens (including phenoxy) is 1. The van der Waals surface area contributed by atoms with Crippen molar-refractivity contribution in [1.82, 2.24) is 5.32 Å². The van der Waals surface area contributed by atoms with Gasteiger partial charge in [-0.25, -0.2) is 4.79 Å². The molecule has 1 aromatic heterocycles. The smallest absolute Gasteiger partial charge is 0.339 e. The third-order valence-corrected chi connectivity index (χ3v) is 6.11. The summed E-state index contributed by atoms with van der Waals surface area (Å²) >= 11 is 1.61. The van der Waals surface area contributed by atoms with Crippen LogP contribution in [0.3, 0.4) is 0 Å². The van der Waals surface area contributed by atoms with Crippen LogP contribution < -0.4 is 5.32 Å². The van der Waals surface area contributed by atoms with Gasteiger partial charge in [-0.05, 0) is 31.2 Å². The molecule has 0 radical (unpaired) electrons. The number of esters is 1. The van der Waals surface area contributed by atoms with E-state index in [1.54, 1.807) is 11.3 Å². The Kier molecular flexibility index (Phi) is 3.66. The highest BCUT2D eigenvalue weighted by Gasteiger charge is 2.36. The number of nitrogens with one attached hydrogen (secondary N) is 1. The molecule has 116 valence electrons. The number of benzene rings is 1. The van der Waals surface area contributed by atoms with Gasteiger partial charge < -0.3 is 10.1 Å². The number of hydrogen-bond donors (Lipinski definition) is 1. The number of thiophene rings is 1. The molecule has 2 aromatic rings. The summed E-state index contributed by atoms with van der Waals surface area (Å²) in [5.74, 6) is 0.523. The first kappa shape index (κ1) is 14.2. The lowest BCUT2D eigenvalue weighted by Gasteiger charge is -2.43. The third-order valence-electron chi connectivity index (χ3n) is 5.15. The lowest BCUT2D eigenvalue weighted by atomic mass is 9.79. The van der Waals surface area contributed by atoms with E-state index >= 15 is 0 Å². The highest BCUT2D eigenvalue weighted by molar-refractivity contribution is 7.17. The maximum Gasteiger partial charge on any atom is 0.339 e. The van der Waals surface area contributed by atoms with Crippen LogP contribution >= 0.6 is 11.3 Å². The summed E-state index contributed by atoms with van der Waals surface area (Å²) in [5, 5.41) is 6.62. The number of carbonyl (C=O) groups is 1. The summed E-state index contributed by atoms with van der Waals surface area (Å²) in [4.78, 5) is 12.6. The van der Waals surface area contributed by atoms with Gasteiger partial charge in [0.2, 0.25) is 0 Å². The molecule has 0 spiro atoms. The van der Waals surface area contributed by atoms with Gasteiger partial charge in [-0.2, -0.15) is 0 Å². The molecular formula is C18H21NO2S. The number of rotatable bonds is 2. The fraction of sp³-hybridized carbons (Fsp3) is 0.500. The highest BCUT2D eigenvalue weighted by atomic mass is 32.1. The Morgan fingerprint density at radius 1 is 1.27 bits per heavy atom. The van der Waals surface area contributed by atoms with Gasteiger partial charge in [0.05, 0.1) is 5.56 Å². The van der Waals surface area contributed by atoms with Crippen molar-refractivity contribution >= 4 is 27.4 Å². The summed E-state index contributed by atoms with van der Waals surface area (Å²) in [6.45, 7) is 2.30. The van der Waals surface area contributed by atoms with Crippen LogP contribution in [0.1, 0.15) is 43.0 Å². The second-order valence-corrected chi connectivity index (χ2v) is 7.58. The van der Waals surface area contributed by atoms with E-state index in [1.807, 2.05) is 29.6 Å². The zero-order valence-corrected chi connectivity index (χ0v) is 13.6. The van der Waals surface area contributed by atoms with Crippen LogP contribution in [0.25, 0.3) is 10.1 Å². The summed E-state index contributed by atoms with van der Waals surface area (Å²) in [6, 6.07) is 9.05. The van der Waals surface area contributed by atoms with E-state index in [-0.39, 0.29) is 12.1 Å². The molecule has 2 aliphatic heterocycles. The molecule has 0 saturated carbocycles. The van der Waals surface area contributed by atoms with Crippen molar-refractivity contribution in [1.29, 1.82) is 0 Å². The van der Waals surface area contributed by atoms with Gasteiger partial charge in [-0.1, -0.05) is 25.1 Å². The molecular weight excluding hydrogens is 294 g/mol. The summed E-state index contributed by atoms with van der Waals surface area (Å²) in [5.41, 5.74) is 0.720. The first-order chi connectivity index (χ1) is 10.7. The number of hydrogen-bond acceptors (Lipinski definition) is 4. The summed E-state index contributed by atoms with van der Waals surface area (Å²) < 4.78 is 7.00. The number of carbonyl (C=O) groups excluding carboxylic acids is 1. The predicted octanol–water partition coefficient (Wildman–Crippen LogP) is 3.98. The van der Waals surface area contributed by atoms with Gasteiger partial charge >= 0.3 is 5.97 Å². The van der Waals surface area contributed by atoms with Crippen molar-refractivity contribution in [3.63, 3.8) is 0 Å². The Morgan fingerprint density at radius 3 is 3.05 bits per heavy atom. The zero-order chi connectivity index (χ0) is 15.1. The molecule has 1 N–H and O–H groups in total. The van der Waals surface area contributed by atoms with E-state index < -0.39 is 0 Å². The molecule has 22 heavy (non-hydrogen) atoms. The quantitative estimate of drug-likeness (QED) is 0.852.